The van der Waals surface area contributed by atoms with Gasteiger partial charge in [0, 0.05) is 16.3 Å². The van der Waals surface area contributed by atoms with E-state index in [-0.39, 0.29) is 12.1 Å². The number of carbonyl (C=O) groups is 2. The van der Waals surface area contributed by atoms with Crippen molar-refractivity contribution in [3.05, 3.63) is 46.7 Å². The fraction of sp³-hybridized carbons (Fsp3) is 0.200. The molecule has 1 saturated heterocycles. The van der Waals surface area contributed by atoms with Crippen molar-refractivity contribution in [1.82, 2.24) is 5.32 Å². The summed E-state index contributed by atoms with van der Waals surface area (Å²) in [5, 5.41) is 7.51. The molecule has 1 aliphatic heterocycles. The molecule has 3 amide bonds. The van der Waals surface area contributed by atoms with Crippen LogP contribution in [0.4, 0.5) is 21.0 Å². The average Bonchev–Trinajstić information content (AvgIpc) is 3.17. The molecule has 1 aromatic heterocycles. The Balaban J connectivity index is 1.54. The van der Waals surface area contributed by atoms with Gasteiger partial charge in [-0.15, -0.1) is 11.3 Å². The molecule has 3 rings (SSSR count). The van der Waals surface area contributed by atoms with Gasteiger partial charge in [0.1, 0.15) is 6.61 Å². The molecule has 0 spiro atoms. The van der Waals surface area contributed by atoms with Crippen molar-refractivity contribution in [1.29, 1.82) is 0 Å². The number of cyclic esters (lactones) is 1. The number of carbonyl (C=O) groups excluding carboxylic acids is 2. The van der Waals surface area contributed by atoms with E-state index in [2.05, 4.69) is 10.6 Å². The second kappa shape index (κ2) is 6.48. The van der Waals surface area contributed by atoms with Gasteiger partial charge in [-0.2, -0.15) is 0 Å². The minimum absolute atomic E-state index is 0.262. The van der Waals surface area contributed by atoms with Crippen LogP contribution < -0.4 is 15.5 Å². The van der Waals surface area contributed by atoms with E-state index in [1.165, 1.54) is 0 Å². The van der Waals surface area contributed by atoms with Crippen LogP contribution in [0, 0.1) is 0 Å². The smallest absolute Gasteiger partial charge is 0.414 e. The van der Waals surface area contributed by atoms with Crippen LogP contribution in [-0.4, -0.2) is 25.3 Å². The maximum absolute atomic E-state index is 11.8. The van der Waals surface area contributed by atoms with Crippen molar-refractivity contribution in [2.45, 2.75) is 6.54 Å². The van der Waals surface area contributed by atoms with Gasteiger partial charge in [-0.3, -0.25) is 4.90 Å². The van der Waals surface area contributed by atoms with Crippen molar-refractivity contribution >= 4 is 34.8 Å². The lowest BCUT2D eigenvalue weighted by Gasteiger charge is -2.13. The molecule has 2 aromatic rings. The molecular formula is C15H15N3O3S. The molecule has 1 aliphatic rings. The molecule has 0 unspecified atom stereocenters. The monoisotopic (exact) mass is 317 g/mol. The molecule has 0 bridgehead atoms. The van der Waals surface area contributed by atoms with Gasteiger partial charge in [-0.25, -0.2) is 9.59 Å². The Labute approximate surface area is 131 Å². The lowest BCUT2D eigenvalue weighted by molar-refractivity contribution is 0.181. The Hall–Kier alpha value is -2.54. The van der Waals surface area contributed by atoms with Crippen LogP contribution in [-0.2, 0) is 11.3 Å². The third-order valence-corrected chi connectivity index (χ3v) is 4.08. The molecular weight excluding hydrogens is 302 g/mol. The molecule has 7 heteroatoms. The first-order valence-corrected chi connectivity index (χ1v) is 7.72. The normalized spacial score (nSPS) is 13.8. The number of hydrogen-bond acceptors (Lipinski definition) is 4. The van der Waals surface area contributed by atoms with Gasteiger partial charge < -0.3 is 15.4 Å². The van der Waals surface area contributed by atoms with Gasteiger partial charge in [0.05, 0.1) is 13.1 Å². The summed E-state index contributed by atoms with van der Waals surface area (Å²) < 4.78 is 4.89. The van der Waals surface area contributed by atoms with Crippen LogP contribution in [0.5, 0.6) is 0 Å². The van der Waals surface area contributed by atoms with E-state index >= 15 is 0 Å². The molecule has 2 N–H and O–H groups in total. The van der Waals surface area contributed by atoms with E-state index in [9.17, 15) is 9.59 Å². The molecule has 2 heterocycles. The van der Waals surface area contributed by atoms with E-state index in [1.54, 1.807) is 40.5 Å². The van der Waals surface area contributed by atoms with Crippen LogP contribution in [0.2, 0.25) is 0 Å². The molecule has 6 nitrogen and oxygen atoms in total. The average molecular weight is 317 g/mol. The van der Waals surface area contributed by atoms with Gasteiger partial charge in [-0.1, -0.05) is 6.07 Å². The first-order chi connectivity index (χ1) is 10.7. The van der Waals surface area contributed by atoms with Crippen molar-refractivity contribution < 1.29 is 14.3 Å². The van der Waals surface area contributed by atoms with Gasteiger partial charge in [0.25, 0.3) is 0 Å². The molecule has 0 atom stereocenters. The summed E-state index contributed by atoms with van der Waals surface area (Å²) in [5.74, 6) is 0. The van der Waals surface area contributed by atoms with Crippen LogP contribution in [0.1, 0.15) is 4.88 Å². The van der Waals surface area contributed by atoms with Gasteiger partial charge in [0.2, 0.25) is 0 Å². The summed E-state index contributed by atoms with van der Waals surface area (Å²) in [6.45, 7) is 1.46. The number of benzene rings is 1. The highest BCUT2D eigenvalue weighted by Crippen LogP contribution is 2.21. The van der Waals surface area contributed by atoms with E-state index in [0.717, 1.165) is 10.6 Å². The van der Waals surface area contributed by atoms with E-state index in [4.69, 9.17) is 4.74 Å². The van der Waals surface area contributed by atoms with Gasteiger partial charge in [-0.05, 0) is 35.7 Å². The Kier molecular flexibility index (Phi) is 4.24. The topological polar surface area (TPSA) is 70.7 Å². The van der Waals surface area contributed by atoms with Crippen LogP contribution >= 0.6 is 11.3 Å². The van der Waals surface area contributed by atoms with Crippen LogP contribution in [0.3, 0.4) is 0 Å². The fourth-order valence-corrected chi connectivity index (χ4v) is 2.75. The quantitative estimate of drug-likeness (QED) is 0.910. The summed E-state index contributed by atoms with van der Waals surface area (Å²) in [4.78, 5) is 25.9. The van der Waals surface area contributed by atoms with Crippen molar-refractivity contribution in [3.8, 4) is 0 Å². The summed E-state index contributed by atoms with van der Waals surface area (Å²) >= 11 is 1.60. The number of urea groups is 1. The summed E-state index contributed by atoms with van der Waals surface area (Å²) in [5.41, 5.74) is 1.42. The highest BCUT2D eigenvalue weighted by atomic mass is 32.1. The fourth-order valence-electron chi connectivity index (χ4n) is 2.11. The molecule has 1 fully saturated rings. The van der Waals surface area contributed by atoms with Crippen LogP contribution in [0.15, 0.2) is 41.8 Å². The molecule has 0 radical (unpaired) electrons. The molecule has 1 aromatic carbocycles. The van der Waals surface area contributed by atoms with Gasteiger partial charge >= 0.3 is 12.1 Å². The van der Waals surface area contributed by atoms with E-state index < -0.39 is 0 Å². The Morgan fingerprint density at radius 1 is 1.27 bits per heavy atom. The number of nitrogens with zero attached hydrogens (tertiary/aromatic N) is 1. The Bertz CT molecular complexity index is 655. The second-order valence-corrected chi connectivity index (χ2v) is 5.73. The second-order valence-electron chi connectivity index (χ2n) is 4.70. The lowest BCUT2D eigenvalue weighted by atomic mass is 10.2. The number of ether oxygens (including phenoxy) is 1. The zero-order valence-electron chi connectivity index (χ0n) is 11.7. The van der Waals surface area contributed by atoms with Crippen LogP contribution in [0.25, 0.3) is 0 Å². The first-order valence-electron chi connectivity index (χ1n) is 6.84. The molecule has 0 saturated carbocycles. The third kappa shape index (κ3) is 3.37. The maximum Gasteiger partial charge on any atom is 0.414 e. The number of rotatable bonds is 4. The molecule has 0 aliphatic carbocycles. The third-order valence-electron chi connectivity index (χ3n) is 3.20. The highest BCUT2D eigenvalue weighted by Gasteiger charge is 2.23. The lowest BCUT2D eigenvalue weighted by Crippen LogP contribution is -2.28. The number of hydrogen-bond donors (Lipinski definition) is 2. The SMILES string of the molecule is O=C(NCc1cccs1)Nc1ccc(N2CCOC2=O)cc1. The van der Waals surface area contributed by atoms with Crippen molar-refractivity contribution in [3.63, 3.8) is 0 Å². The minimum Gasteiger partial charge on any atom is -0.447 e. The van der Waals surface area contributed by atoms with Crippen molar-refractivity contribution in [2.75, 3.05) is 23.4 Å². The molecule has 114 valence electrons. The Morgan fingerprint density at radius 2 is 2.09 bits per heavy atom. The zero-order chi connectivity index (χ0) is 15.4. The predicted octanol–water partition coefficient (Wildman–Crippen LogP) is 3.03. The Morgan fingerprint density at radius 3 is 2.73 bits per heavy atom. The minimum atomic E-state index is -0.339. The number of nitrogens with one attached hydrogen (secondary N) is 2. The largest absolute Gasteiger partial charge is 0.447 e. The van der Waals surface area contributed by atoms with Gasteiger partial charge in [0.15, 0.2) is 0 Å². The summed E-state index contributed by atoms with van der Waals surface area (Å²) in [6.07, 6.45) is -0.339. The maximum atomic E-state index is 11.8. The van der Waals surface area contributed by atoms with E-state index in [0.29, 0.717) is 25.4 Å². The predicted molar refractivity (Wildman–Crippen MR) is 85.3 cm³/mol. The number of thiophene rings is 1. The highest BCUT2D eigenvalue weighted by molar-refractivity contribution is 7.09. The molecule has 22 heavy (non-hydrogen) atoms. The summed E-state index contributed by atoms with van der Waals surface area (Å²) in [6, 6.07) is 10.7. The van der Waals surface area contributed by atoms with E-state index in [1.807, 2.05) is 17.5 Å². The number of amides is 3. The zero-order valence-corrected chi connectivity index (χ0v) is 12.6. The summed E-state index contributed by atoms with van der Waals surface area (Å²) in [7, 11) is 0. The number of anilines is 2. The standard InChI is InChI=1S/C15H15N3O3S/c19-14(16-10-13-2-1-9-22-13)17-11-3-5-12(6-4-11)18-7-8-21-15(18)20/h1-6,9H,7-8,10H2,(H2,16,17,19). The van der Waals surface area contributed by atoms with Crippen molar-refractivity contribution in [2.24, 2.45) is 0 Å². The first kappa shape index (κ1) is 14.4.